The van der Waals surface area contributed by atoms with Gasteiger partial charge in [-0.15, -0.1) is 5.10 Å². The number of aryl methyl sites for hydroxylation is 1. The van der Waals surface area contributed by atoms with E-state index in [1.54, 1.807) is 29.5 Å². The second kappa shape index (κ2) is 7.64. The lowest BCUT2D eigenvalue weighted by Crippen LogP contribution is -2.29. The molecule has 0 radical (unpaired) electrons. The molecule has 2 N–H and O–H groups in total. The zero-order chi connectivity index (χ0) is 20.5. The van der Waals surface area contributed by atoms with E-state index in [1.165, 1.54) is 0 Å². The summed E-state index contributed by atoms with van der Waals surface area (Å²) < 4.78 is 3.52. The second-order valence-corrected chi connectivity index (χ2v) is 7.41. The van der Waals surface area contributed by atoms with Crippen molar-refractivity contribution in [3.05, 3.63) is 48.7 Å². The third-order valence-corrected chi connectivity index (χ3v) is 5.26. The SMILES string of the molecule is Cn1cc(-c2cc3cc(NC(=O)c4cnn(C5CCNCC5)c4)ncc3cn2)nn1. The van der Waals surface area contributed by atoms with E-state index in [1.807, 2.05) is 30.1 Å². The molecule has 1 aliphatic rings. The van der Waals surface area contributed by atoms with Crippen molar-refractivity contribution in [2.24, 2.45) is 7.05 Å². The number of rotatable bonds is 4. The number of pyridine rings is 2. The standard InChI is InChI=1S/C20H21N9O/c1-28-12-18(26-27-28)17-6-13-7-19(23-9-14(13)8-22-17)25-20(30)15-10-24-29(11-15)16-2-4-21-5-3-16/h6-12,16,21H,2-5H2,1H3,(H,23,25,30). The number of nitrogens with one attached hydrogen (secondary N) is 2. The minimum absolute atomic E-state index is 0.231. The summed E-state index contributed by atoms with van der Waals surface area (Å²) in [5.74, 6) is 0.239. The van der Waals surface area contributed by atoms with Crippen molar-refractivity contribution < 1.29 is 4.79 Å². The highest BCUT2D eigenvalue weighted by Crippen LogP contribution is 2.22. The largest absolute Gasteiger partial charge is 0.317 e. The first-order valence-electron chi connectivity index (χ1n) is 9.84. The molecule has 5 rings (SSSR count). The molecule has 10 nitrogen and oxygen atoms in total. The van der Waals surface area contributed by atoms with E-state index >= 15 is 0 Å². The summed E-state index contributed by atoms with van der Waals surface area (Å²) in [5.41, 5.74) is 1.92. The Morgan fingerprint density at radius 3 is 2.70 bits per heavy atom. The molecule has 10 heteroatoms. The van der Waals surface area contributed by atoms with Gasteiger partial charge in [-0.25, -0.2) is 4.98 Å². The maximum absolute atomic E-state index is 12.7. The topological polar surface area (TPSA) is 115 Å². The van der Waals surface area contributed by atoms with Crippen LogP contribution in [0.3, 0.4) is 0 Å². The number of hydrogen-bond acceptors (Lipinski definition) is 7. The molecular formula is C20H21N9O. The molecule has 1 saturated heterocycles. The van der Waals surface area contributed by atoms with Crippen LogP contribution in [0.25, 0.3) is 22.2 Å². The van der Waals surface area contributed by atoms with Crippen molar-refractivity contribution in [3.8, 4) is 11.4 Å². The molecule has 4 aromatic heterocycles. The zero-order valence-electron chi connectivity index (χ0n) is 16.5. The number of fused-ring (bicyclic) bond motifs is 1. The minimum Gasteiger partial charge on any atom is -0.317 e. The third-order valence-electron chi connectivity index (χ3n) is 5.26. The van der Waals surface area contributed by atoms with E-state index in [-0.39, 0.29) is 5.91 Å². The zero-order valence-corrected chi connectivity index (χ0v) is 16.5. The van der Waals surface area contributed by atoms with E-state index in [0.717, 1.165) is 36.7 Å². The van der Waals surface area contributed by atoms with Gasteiger partial charge in [0.15, 0.2) is 0 Å². The van der Waals surface area contributed by atoms with Crippen LogP contribution in [0, 0.1) is 0 Å². The summed E-state index contributed by atoms with van der Waals surface area (Å²) in [4.78, 5) is 21.4. The highest BCUT2D eigenvalue weighted by molar-refractivity contribution is 6.04. The Hall–Kier alpha value is -3.66. The van der Waals surface area contributed by atoms with Crippen molar-refractivity contribution in [1.82, 2.24) is 40.1 Å². The van der Waals surface area contributed by atoms with Gasteiger partial charge in [0, 0.05) is 31.0 Å². The number of anilines is 1. The van der Waals surface area contributed by atoms with Gasteiger partial charge in [0.25, 0.3) is 5.91 Å². The Balaban J connectivity index is 1.35. The number of carbonyl (C=O) groups excluding carboxylic acids is 1. The Kier molecular flexibility index (Phi) is 4.68. The fourth-order valence-electron chi connectivity index (χ4n) is 3.63. The first kappa shape index (κ1) is 18.4. The van der Waals surface area contributed by atoms with E-state index in [2.05, 4.69) is 36.0 Å². The molecule has 0 aliphatic carbocycles. The highest BCUT2D eigenvalue weighted by Gasteiger charge is 2.18. The molecular weight excluding hydrogens is 382 g/mol. The molecule has 5 heterocycles. The Labute approximate surface area is 172 Å². The van der Waals surface area contributed by atoms with Crippen molar-refractivity contribution in [2.75, 3.05) is 18.4 Å². The number of piperidine rings is 1. The van der Waals surface area contributed by atoms with Crippen LogP contribution in [0.2, 0.25) is 0 Å². The number of nitrogens with zero attached hydrogens (tertiary/aromatic N) is 7. The smallest absolute Gasteiger partial charge is 0.260 e. The summed E-state index contributed by atoms with van der Waals surface area (Å²) in [6.45, 7) is 1.94. The van der Waals surface area contributed by atoms with Crippen molar-refractivity contribution in [3.63, 3.8) is 0 Å². The maximum Gasteiger partial charge on any atom is 0.260 e. The molecule has 0 bridgehead atoms. The van der Waals surface area contributed by atoms with Gasteiger partial charge in [-0.05, 0) is 43.5 Å². The molecule has 0 aromatic carbocycles. The minimum atomic E-state index is -0.231. The monoisotopic (exact) mass is 403 g/mol. The molecule has 0 spiro atoms. The van der Waals surface area contributed by atoms with E-state index in [9.17, 15) is 4.79 Å². The average molecular weight is 403 g/mol. The van der Waals surface area contributed by atoms with Crippen molar-refractivity contribution in [1.29, 1.82) is 0 Å². The lowest BCUT2D eigenvalue weighted by atomic mass is 10.1. The number of amides is 1. The molecule has 0 saturated carbocycles. The fourth-order valence-corrected chi connectivity index (χ4v) is 3.63. The summed E-state index contributed by atoms with van der Waals surface area (Å²) >= 11 is 0. The van der Waals surface area contributed by atoms with Gasteiger partial charge in [-0.1, -0.05) is 5.21 Å². The highest BCUT2D eigenvalue weighted by atomic mass is 16.1. The number of aromatic nitrogens is 7. The van der Waals surface area contributed by atoms with Crippen LogP contribution in [0.15, 0.2) is 43.1 Å². The molecule has 1 aliphatic heterocycles. The Bertz CT molecular complexity index is 1210. The van der Waals surface area contributed by atoms with Gasteiger partial charge in [0.2, 0.25) is 0 Å². The molecule has 152 valence electrons. The molecule has 30 heavy (non-hydrogen) atoms. The van der Waals surface area contributed by atoms with E-state index < -0.39 is 0 Å². The van der Waals surface area contributed by atoms with Crippen LogP contribution in [0.1, 0.15) is 29.2 Å². The van der Waals surface area contributed by atoms with Crippen LogP contribution in [-0.4, -0.2) is 53.7 Å². The van der Waals surface area contributed by atoms with Crippen LogP contribution in [0.4, 0.5) is 5.82 Å². The van der Waals surface area contributed by atoms with Crippen molar-refractivity contribution >= 4 is 22.5 Å². The van der Waals surface area contributed by atoms with Gasteiger partial charge in [0.1, 0.15) is 11.5 Å². The Morgan fingerprint density at radius 2 is 1.90 bits per heavy atom. The third kappa shape index (κ3) is 3.64. The number of carbonyl (C=O) groups is 1. The molecule has 4 aromatic rings. The molecule has 0 atom stereocenters. The van der Waals surface area contributed by atoms with Gasteiger partial charge in [0.05, 0.1) is 29.7 Å². The average Bonchev–Trinajstić information content (AvgIpc) is 3.43. The van der Waals surface area contributed by atoms with Crippen LogP contribution in [-0.2, 0) is 7.05 Å². The summed E-state index contributed by atoms with van der Waals surface area (Å²) in [7, 11) is 1.81. The van der Waals surface area contributed by atoms with Gasteiger partial charge in [-0.2, -0.15) is 5.10 Å². The Morgan fingerprint density at radius 1 is 1.07 bits per heavy atom. The van der Waals surface area contributed by atoms with Gasteiger partial charge >= 0.3 is 0 Å². The predicted molar refractivity (Wildman–Crippen MR) is 111 cm³/mol. The lowest BCUT2D eigenvalue weighted by Gasteiger charge is -2.22. The van der Waals surface area contributed by atoms with Gasteiger partial charge < -0.3 is 10.6 Å². The first-order valence-corrected chi connectivity index (χ1v) is 9.84. The maximum atomic E-state index is 12.7. The molecule has 0 unspecified atom stereocenters. The number of hydrogen-bond donors (Lipinski definition) is 2. The summed E-state index contributed by atoms with van der Waals surface area (Å²) in [5, 5.41) is 20.4. The second-order valence-electron chi connectivity index (χ2n) is 7.41. The van der Waals surface area contributed by atoms with Crippen LogP contribution < -0.4 is 10.6 Å². The van der Waals surface area contributed by atoms with Crippen LogP contribution >= 0.6 is 0 Å². The van der Waals surface area contributed by atoms with E-state index in [0.29, 0.717) is 28.8 Å². The summed E-state index contributed by atoms with van der Waals surface area (Å²) in [6, 6.07) is 4.07. The molecule has 1 fully saturated rings. The summed E-state index contributed by atoms with van der Waals surface area (Å²) in [6.07, 6.45) is 10.7. The fraction of sp³-hybridized carbons (Fsp3) is 0.300. The van der Waals surface area contributed by atoms with Crippen LogP contribution in [0.5, 0.6) is 0 Å². The normalized spacial score (nSPS) is 14.8. The van der Waals surface area contributed by atoms with E-state index in [4.69, 9.17) is 0 Å². The van der Waals surface area contributed by atoms with Crippen molar-refractivity contribution in [2.45, 2.75) is 18.9 Å². The lowest BCUT2D eigenvalue weighted by molar-refractivity contribution is 0.102. The predicted octanol–water partition coefficient (Wildman–Crippen LogP) is 1.80. The quantitative estimate of drug-likeness (QED) is 0.534. The molecule has 1 amide bonds. The first-order chi connectivity index (χ1) is 14.7. The van der Waals surface area contributed by atoms with Gasteiger partial charge in [-0.3, -0.25) is 19.1 Å².